The molecule has 1 atom stereocenters. The molecule has 2 aromatic heterocycles. The minimum Gasteiger partial charge on any atom is -0.503 e. The Morgan fingerprint density at radius 2 is 1.76 bits per heavy atom. The van der Waals surface area contributed by atoms with Gasteiger partial charge in [0, 0.05) is 48.0 Å². The molecule has 0 bridgehead atoms. The molecule has 5 rings (SSSR count). The number of amides is 1. The number of ketones is 1. The Labute approximate surface area is 191 Å². The van der Waals surface area contributed by atoms with E-state index in [-0.39, 0.29) is 24.3 Å². The minimum atomic E-state index is -0.683. The zero-order valence-corrected chi connectivity index (χ0v) is 17.9. The number of rotatable bonds is 7. The SMILES string of the molecule is O=C(CCc1ccccc1)C1=C(O)C(=O)N(Cc2cccnc2)C1c1c[nH]c2ccccc12. The largest absolute Gasteiger partial charge is 0.503 e. The van der Waals surface area contributed by atoms with Gasteiger partial charge in [-0.05, 0) is 29.7 Å². The Bertz CT molecular complexity index is 1340. The third-order valence-electron chi connectivity index (χ3n) is 6.08. The summed E-state index contributed by atoms with van der Waals surface area (Å²) >= 11 is 0. The normalized spacial score (nSPS) is 16.1. The lowest BCUT2D eigenvalue weighted by Crippen LogP contribution is -2.30. The number of carbonyl (C=O) groups excluding carboxylic acids is 2. The standard InChI is InChI=1S/C27H23N3O3/c31-23(13-12-18-7-2-1-3-8-18)24-25(21-16-29-22-11-5-4-10-20(21)22)30(27(33)26(24)32)17-19-9-6-14-28-15-19/h1-11,14-16,25,29,32H,12-13,17H2. The van der Waals surface area contributed by atoms with Gasteiger partial charge in [0.25, 0.3) is 5.91 Å². The summed E-state index contributed by atoms with van der Waals surface area (Å²) in [5, 5.41) is 11.8. The van der Waals surface area contributed by atoms with Crippen LogP contribution in [0.1, 0.15) is 29.2 Å². The molecule has 0 aliphatic carbocycles. The molecule has 2 aromatic carbocycles. The number of carbonyl (C=O) groups is 2. The molecule has 1 unspecified atom stereocenters. The lowest BCUT2D eigenvalue weighted by atomic mass is 9.93. The minimum absolute atomic E-state index is 0.157. The van der Waals surface area contributed by atoms with E-state index in [1.807, 2.05) is 66.9 Å². The van der Waals surface area contributed by atoms with Crippen molar-refractivity contribution < 1.29 is 14.7 Å². The van der Waals surface area contributed by atoms with Crippen molar-refractivity contribution in [2.75, 3.05) is 0 Å². The molecule has 1 amide bonds. The van der Waals surface area contributed by atoms with E-state index in [9.17, 15) is 14.7 Å². The number of aliphatic hydroxyl groups excluding tert-OH is 1. The second-order valence-corrected chi connectivity index (χ2v) is 8.16. The van der Waals surface area contributed by atoms with Crippen molar-refractivity contribution >= 4 is 22.6 Å². The molecule has 0 saturated heterocycles. The topological polar surface area (TPSA) is 86.3 Å². The number of H-pyrrole nitrogens is 1. The Morgan fingerprint density at radius 3 is 2.55 bits per heavy atom. The first-order chi connectivity index (χ1) is 16.1. The molecule has 1 aliphatic rings. The van der Waals surface area contributed by atoms with Gasteiger partial charge < -0.3 is 15.0 Å². The molecule has 0 spiro atoms. The quantitative estimate of drug-likeness (QED) is 0.440. The average Bonchev–Trinajstić information content (AvgIpc) is 3.38. The van der Waals surface area contributed by atoms with Gasteiger partial charge in [0.1, 0.15) is 0 Å². The number of pyridine rings is 1. The van der Waals surface area contributed by atoms with Gasteiger partial charge in [0.05, 0.1) is 11.6 Å². The number of aromatic nitrogens is 2. The molecule has 0 fully saturated rings. The fourth-order valence-corrected chi connectivity index (χ4v) is 4.47. The van der Waals surface area contributed by atoms with E-state index < -0.39 is 17.7 Å². The van der Waals surface area contributed by atoms with Gasteiger partial charge in [-0.3, -0.25) is 14.6 Å². The lowest BCUT2D eigenvalue weighted by Gasteiger charge is -2.26. The predicted molar refractivity (Wildman–Crippen MR) is 125 cm³/mol. The molecule has 1 aliphatic heterocycles. The Morgan fingerprint density at radius 1 is 1.00 bits per heavy atom. The van der Waals surface area contributed by atoms with E-state index in [4.69, 9.17) is 0 Å². The smallest absolute Gasteiger partial charge is 0.290 e. The zero-order valence-electron chi connectivity index (χ0n) is 17.9. The van der Waals surface area contributed by atoms with Gasteiger partial charge in [0.15, 0.2) is 11.5 Å². The summed E-state index contributed by atoms with van der Waals surface area (Å²) in [6.45, 7) is 0.233. The number of aryl methyl sites for hydroxylation is 1. The molecule has 6 heteroatoms. The summed E-state index contributed by atoms with van der Waals surface area (Å²) in [5.74, 6) is -1.24. The second-order valence-electron chi connectivity index (χ2n) is 8.16. The van der Waals surface area contributed by atoms with Crippen molar-refractivity contribution in [3.63, 3.8) is 0 Å². The number of nitrogens with zero attached hydrogens (tertiary/aromatic N) is 2. The first kappa shape index (κ1) is 20.7. The fraction of sp³-hybridized carbons (Fsp3) is 0.148. The van der Waals surface area contributed by atoms with Gasteiger partial charge >= 0.3 is 0 Å². The van der Waals surface area contributed by atoms with Crippen molar-refractivity contribution in [1.29, 1.82) is 0 Å². The average molecular weight is 437 g/mol. The van der Waals surface area contributed by atoms with Crippen LogP contribution in [0.4, 0.5) is 0 Å². The van der Waals surface area contributed by atoms with E-state index in [1.54, 1.807) is 23.4 Å². The number of hydrogen-bond acceptors (Lipinski definition) is 4. The fourth-order valence-electron chi connectivity index (χ4n) is 4.47. The second kappa shape index (κ2) is 8.74. The molecule has 6 nitrogen and oxygen atoms in total. The van der Waals surface area contributed by atoms with Gasteiger partial charge in [-0.1, -0.05) is 54.6 Å². The van der Waals surface area contributed by atoms with Gasteiger partial charge in [0.2, 0.25) is 0 Å². The first-order valence-corrected chi connectivity index (χ1v) is 10.9. The van der Waals surface area contributed by atoms with Crippen molar-refractivity contribution in [1.82, 2.24) is 14.9 Å². The zero-order chi connectivity index (χ0) is 22.8. The maximum absolute atomic E-state index is 13.4. The van der Waals surface area contributed by atoms with E-state index >= 15 is 0 Å². The van der Waals surface area contributed by atoms with Crippen LogP contribution in [-0.2, 0) is 22.6 Å². The van der Waals surface area contributed by atoms with Crippen LogP contribution in [0.3, 0.4) is 0 Å². The summed E-state index contributed by atoms with van der Waals surface area (Å²) in [4.78, 5) is 35.5. The highest BCUT2D eigenvalue weighted by Crippen LogP contribution is 2.41. The van der Waals surface area contributed by atoms with Crippen LogP contribution in [0.25, 0.3) is 10.9 Å². The molecule has 2 N–H and O–H groups in total. The number of Topliss-reactive ketones (excluding diaryl/α,β-unsaturated/α-hetero) is 1. The Balaban J connectivity index is 1.53. The number of aromatic amines is 1. The van der Waals surface area contributed by atoms with Crippen LogP contribution >= 0.6 is 0 Å². The maximum Gasteiger partial charge on any atom is 0.290 e. The van der Waals surface area contributed by atoms with E-state index in [0.29, 0.717) is 6.42 Å². The van der Waals surface area contributed by atoms with Crippen LogP contribution in [0, 0.1) is 0 Å². The van der Waals surface area contributed by atoms with E-state index in [2.05, 4.69) is 9.97 Å². The lowest BCUT2D eigenvalue weighted by molar-refractivity contribution is -0.130. The Kier molecular flexibility index (Phi) is 5.48. The van der Waals surface area contributed by atoms with Crippen molar-refractivity contribution in [3.05, 3.63) is 113 Å². The number of para-hydroxylation sites is 1. The molecule has 33 heavy (non-hydrogen) atoms. The maximum atomic E-state index is 13.4. The molecule has 4 aromatic rings. The number of nitrogens with one attached hydrogen (secondary N) is 1. The Hall–Kier alpha value is -4.19. The highest BCUT2D eigenvalue weighted by Gasteiger charge is 2.44. The van der Waals surface area contributed by atoms with Crippen LogP contribution in [0.5, 0.6) is 0 Å². The van der Waals surface area contributed by atoms with Crippen LogP contribution in [-0.4, -0.2) is 31.7 Å². The van der Waals surface area contributed by atoms with Gasteiger partial charge in [-0.15, -0.1) is 0 Å². The number of fused-ring (bicyclic) bond motifs is 1. The molecule has 3 heterocycles. The number of hydrogen-bond donors (Lipinski definition) is 2. The molecule has 164 valence electrons. The molecular formula is C27H23N3O3. The van der Waals surface area contributed by atoms with E-state index in [0.717, 1.165) is 27.6 Å². The summed E-state index contributed by atoms with van der Waals surface area (Å²) in [7, 11) is 0. The first-order valence-electron chi connectivity index (χ1n) is 10.9. The van der Waals surface area contributed by atoms with E-state index in [1.165, 1.54) is 0 Å². The number of benzene rings is 2. The monoisotopic (exact) mass is 437 g/mol. The van der Waals surface area contributed by atoms with Gasteiger partial charge in [-0.2, -0.15) is 0 Å². The highest BCUT2D eigenvalue weighted by atomic mass is 16.3. The summed E-state index contributed by atoms with van der Waals surface area (Å²) in [6, 6.07) is 20.5. The van der Waals surface area contributed by atoms with Crippen molar-refractivity contribution in [2.45, 2.75) is 25.4 Å². The predicted octanol–water partition coefficient (Wildman–Crippen LogP) is 4.66. The van der Waals surface area contributed by atoms with Gasteiger partial charge in [-0.25, -0.2) is 0 Å². The van der Waals surface area contributed by atoms with Crippen LogP contribution in [0.15, 0.2) is 96.7 Å². The summed E-state index contributed by atoms with van der Waals surface area (Å²) < 4.78 is 0. The van der Waals surface area contributed by atoms with Crippen molar-refractivity contribution in [3.8, 4) is 0 Å². The molecule has 0 saturated carbocycles. The number of aliphatic hydroxyl groups is 1. The van der Waals surface area contributed by atoms with Crippen molar-refractivity contribution in [2.24, 2.45) is 0 Å². The highest BCUT2D eigenvalue weighted by molar-refractivity contribution is 6.09. The third kappa shape index (κ3) is 3.91. The van der Waals surface area contributed by atoms with Crippen LogP contribution in [0.2, 0.25) is 0 Å². The molecule has 0 radical (unpaired) electrons. The van der Waals surface area contributed by atoms with Crippen LogP contribution < -0.4 is 0 Å². The molecular weight excluding hydrogens is 414 g/mol. The third-order valence-corrected chi connectivity index (χ3v) is 6.08. The summed E-state index contributed by atoms with van der Waals surface area (Å²) in [5.41, 5.74) is 3.70. The summed E-state index contributed by atoms with van der Waals surface area (Å²) in [6.07, 6.45) is 5.92.